The van der Waals surface area contributed by atoms with Gasteiger partial charge < -0.3 is 9.47 Å². The molecule has 0 spiro atoms. The largest absolute Gasteiger partial charge is 0.497 e. The van der Waals surface area contributed by atoms with E-state index in [1.807, 2.05) is 12.1 Å². The molecule has 2 nitrogen and oxygen atoms in total. The lowest BCUT2D eigenvalue weighted by molar-refractivity contribution is 0.125. The van der Waals surface area contributed by atoms with Gasteiger partial charge in [0.05, 0.1) is 7.11 Å². The SMILES string of the molecule is [CH2]CCCCCCOCCCCCCc1ccc(OC)cc1. The number of hydrogen-bond donors (Lipinski definition) is 0. The number of unbranched alkanes of at least 4 members (excludes halogenated alkanes) is 7. The summed E-state index contributed by atoms with van der Waals surface area (Å²) in [5.41, 5.74) is 1.40. The maximum absolute atomic E-state index is 5.67. The number of aryl methyl sites for hydroxylation is 1. The smallest absolute Gasteiger partial charge is 0.118 e. The molecule has 1 aromatic rings. The van der Waals surface area contributed by atoms with E-state index in [9.17, 15) is 0 Å². The molecule has 0 atom stereocenters. The Hall–Kier alpha value is -1.02. The molecule has 2 heteroatoms. The summed E-state index contributed by atoms with van der Waals surface area (Å²) in [6.07, 6.45) is 12.3. The molecule has 22 heavy (non-hydrogen) atoms. The highest BCUT2D eigenvalue weighted by Crippen LogP contribution is 2.14. The highest BCUT2D eigenvalue weighted by Gasteiger charge is 1.96. The van der Waals surface area contributed by atoms with Crippen LogP contribution in [0.3, 0.4) is 0 Å². The molecule has 125 valence electrons. The Balaban J connectivity index is 1.85. The molecule has 0 aromatic heterocycles. The van der Waals surface area contributed by atoms with Crippen molar-refractivity contribution in [2.75, 3.05) is 20.3 Å². The minimum Gasteiger partial charge on any atom is -0.497 e. The summed E-state index contributed by atoms with van der Waals surface area (Å²) < 4.78 is 10.8. The van der Waals surface area contributed by atoms with Crippen LogP contribution < -0.4 is 4.74 Å². The average molecular weight is 305 g/mol. The molecule has 0 N–H and O–H groups in total. The zero-order valence-electron chi connectivity index (χ0n) is 14.3. The molecule has 1 radical (unpaired) electrons. The molecule has 0 heterocycles. The Morgan fingerprint density at radius 2 is 1.36 bits per heavy atom. The van der Waals surface area contributed by atoms with E-state index in [0.29, 0.717) is 0 Å². The maximum atomic E-state index is 5.67. The highest BCUT2D eigenvalue weighted by molar-refractivity contribution is 5.27. The summed E-state index contributed by atoms with van der Waals surface area (Å²) in [7, 11) is 1.71. The van der Waals surface area contributed by atoms with Crippen LogP contribution in [0, 0.1) is 6.92 Å². The molecule has 1 aromatic carbocycles. The van der Waals surface area contributed by atoms with Gasteiger partial charge in [-0.2, -0.15) is 0 Å². The molecule has 0 aliphatic rings. The first kappa shape index (κ1) is 19.0. The van der Waals surface area contributed by atoms with Crippen molar-refractivity contribution in [2.45, 2.75) is 64.2 Å². The van der Waals surface area contributed by atoms with Gasteiger partial charge in [-0.1, -0.05) is 57.6 Å². The first-order valence-corrected chi connectivity index (χ1v) is 8.86. The molecular weight excluding hydrogens is 272 g/mol. The van der Waals surface area contributed by atoms with E-state index in [1.165, 1.54) is 56.9 Å². The minimum atomic E-state index is 0.928. The third kappa shape index (κ3) is 9.83. The van der Waals surface area contributed by atoms with Gasteiger partial charge in [-0.05, 0) is 43.4 Å². The predicted molar refractivity (Wildman–Crippen MR) is 94.4 cm³/mol. The maximum Gasteiger partial charge on any atom is 0.118 e. The Bertz CT molecular complexity index is 345. The van der Waals surface area contributed by atoms with Crippen LogP contribution in [0.5, 0.6) is 5.75 Å². The second-order valence-corrected chi connectivity index (χ2v) is 5.89. The summed E-state index contributed by atoms with van der Waals surface area (Å²) in [6, 6.07) is 8.41. The van der Waals surface area contributed by atoms with Crippen molar-refractivity contribution in [1.29, 1.82) is 0 Å². The number of methoxy groups -OCH3 is 1. The third-order valence-electron chi connectivity index (χ3n) is 3.95. The normalized spacial score (nSPS) is 10.8. The summed E-state index contributed by atoms with van der Waals surface area (Å²) in [5, 5.41) is 0. The zero-order chi connectivity index (χ0) is 15.9. The molecule has 0 aliphatic heterocycles. The standard InChI is InChI=1S/C20H33O2/c1-3-4-5-7-10-17-22-18-11-8-6-9-12-19-13-15-20(21-2)16-14-19/h13-16H,1,3-12,17-18H2,2H3. The molecule has 0 bridgehead atoms. The van der Waals surface area contributed by atoms with Gasteiger partial charge >= 0.3 is 0 Å². The first-order valence-electron chi connectivity index (χ1n) is 8.86. The van der Waals surface area contributed by atoms with Crippen LogP contribution in [0.25, 0.3) is 0 Å². The van der Waals surface area contributed by atoms with Crippen molar-refractivity contribution in [2.24, 2.45) is 0 Å². The van der Waals surface area contributed by atoms with Gasteiger partial charge in [-0.3, -0.25) is 0 Å². The van der Waals surface area contributed by atoms with Gasteiger partial charge in [-0.25, -0.2) is 0 Å². The zero-order valence-corrected chi connectivity index (χ0v) is 14.3. The van der Waals surface area contributed by atoms with Crippen molar-refractivity contribution in [3.05, 3.63) is 36.8 Å². The van der Waals surface area contributed by atoms with Gasteiger partial charge in [0.2, 0.25) is 0 Å². The van der Waals surface area contributed by atoms with E-state index in [4.69, 9.17) is 9.47 Å². The molecule has 0 saturated heterocycles. The van der Waals surface area contributed by atoms with Crippen LogP contribution in [-0.4, -0.2) is 20.3 Å². The Morgan fingerprint density at radius 1 is 0.773 bits per heavy atom. The lowest BCUT2D eigenvalue weighted by Crippen LogP contribution is -1.97. The van der Waals surface area contributed by atoms with Crippen LogP contribution in [0.4, 0.5) is 0 Å². The third-order valence-corrected chi connectivity index (χ3v) is 3.95. The van der Waals surface area contributed by atoms with Gasteiger partial charge in [0.15, 0.2) is 0 Å². The fraction of sp³-hybridized carbons (Fsp3) is 0.650. The summed E-state index contributed by atoms with van der Waals surface area (Å²) >= 11 is 0. The van der Waals surface area contributed by atoms with Crippen LogP contribution in [0.15, 0.2) is 24.3 Å². The first-order chi connectivity index (χ1) is 10.9. The van der Waals surface area contributed by atoms with Crippen molar-refractivity contribution < 1.29 is 9.47 Å². The second kappa shape index (κ2) is 13.6. The van der Waals surface area contributed by atoms with E-state index in [1.54, 1.807) is 7.11 Å². The summed E-state index contributed by atoms with van der Waals surface area (Å²) in [6.45, 7) is 5.72. The highest BCUT2D eigenvalue weighted by atomic mass is 16.5. The number of hydrogen-bond acceptors (Lipinski definition) is 2. The quantitative estimate of drug-likeness (QED) is 0.417. The molecule has 0 aliphatic carbocycles. The van der Waals surface area contributed by atoms with Gasteiger partial charge in [0.1, 0.15) is 5.75 Å². The summed E-state index contributed by atoms with van der Waals surface area (Å²) in [4.78, 5) is 0. The Labute approximate surface area is 137 Å². The minimum absolute atomic E-state index is 0.928. The monoisotopic (exact) mass is 305 g/mol. The predicted octanol–water partition coefficient (Wildman–Crippen LogP) is 5.60. The van der Waals surface area contributed by atoms with Crippen molar-refractivity contribution >= 4 is 0 Å². The van der Waals surface area contributed by atoms with E-state index >= 15 is 0 Å². The number of benzene rings is 1. The van der Waals surface area contributed by atoms with Crippen molar-refractivity contribution in [3.8, 4) is 5.75 Å². The fourth-order valence-electron chi connectivity index (χ4n) is 2.52. The number of rotatable bonds is 14. The second-order valence-electron chi connectivity index (χ2n) is 5.89. The van der Waals surface area contributed by atoms with Crippen molar-refractivity contribution in [3.63, 3.8) is 0 Å². The Kier molecular flexibility index (Phi) is 11.8. The van der Waals surface area contributed by atoms with Gasteiger partial charge in [0.25, 0.3) is 0 Å². The van der Waals surface area contributed by atoms with Gasteiger partial charge in [0, 0.05) is 13.2 Å². The van der Waals surface area contributed by atoms with Crippen molar-refractivity contribution in [1.82, 2.24) is 0 Å². The van der Waals surface area contributed by atoms with E-state index < -0.39 is 0 Å². The lowest BCUT2D eigenvalue weighted by atomic mass is 10.1. The molecule has 0 amide bonds. The van der Waals surface area contributed by atoms with Crippen LogP contribution in [0.2, 0.25) is 0 Å². The molecule has 0 fully saturated rings. The van der Waals surface area contributed by atoms with E-state index in [0.717, 1.165) is 31.8 Å². The summed E-state index contributed by atoms with van der Waals surface area (Å²) in [5.74, 6) is 0.937. The average Bonchev–Trinajstić information content (AvgIpc) is 2.56. The van der Waals surface area contributed by atoms with E-state index in [2.05, 4.69) is 19.1 Å². The molecule has 0 saturated carbocycles. The number of ether oxygens (including phenoxy) is 2. The van der Waals surface area contributed by atoms with Gasteiger partial charge in [-0.15, -0.1) is 0 Å². The Morgan fingerprint density at radius 3 is 1.95 bits per heavy atom. The van der Waals surface area contributed by atoms with Crippen LogP contribution in [-0.2, 0) is 11.2 Å². The van der Waals surface area contributed by atoms with Crippen LogP contribution in [0.1, 0.15) is 63.4 Å². The van der Waals surface area contributed by atoms with E-state index in [-0.39, 0.29) is 0 Å². The van der Waals surface area contributed by atoms with Crippen LogP contribution >= 0.6 is 0 Å². The lowest BCUT2D eigenvalue weighted by Gasteiger charge is -2.05. The molecule has 1 rings (SSSR count). The topological polar surface area (TPSA) is 18.5 Å². The molecule has 0 unspecified atom stereocenters. The fourth-order valence-corrected chi connectivity index (χ4v) is 2.52. The molecular formula is C20H33O2.